The molecule has 20 heavy (non-hydrogen) atoms. The van der Waals surface area contributed by atoms with Gasteiger partial charge in [0.2, 0.25) is 0 Å². The van der Waals surface area contributed by atoms with Crippen LogP contribution in [0.1, 0.15) is 0 Å². The van der Waals surface area contributed by atoms with Gasteiger partial charge in [0.15, 0.2) is 0 Å². The maximum absolute atomic E-state index is 4.72. The van der Waals surface area contributed by atoms with E-state index in [0.717, 1.165) is 11.0 Å². The number of hydrogen-bond donors (Lipinski definition) is 0. The Bertz CT molecular complexity index is 745. The van der Waals surface area contributed by atoms with Crippen LogP contribution >= 0.6 is 22.7 Å². The molecule has 4 aromatic rings. The molecule has 0 bridgehead atoms. The number of rotatable bonds is 3. The number of benzene rings is 2. The van der Waals surface area contributed by atoms with E-state index in [9.17, 15) is 0 Å². The van der Waals surface area contributed by atoms with Crippen molar-refractivity contribution in [3.63, 3.8) is 0 Å². The molecule has 0 saturated carbocycles. The molecule has 0 saturated heterocycles. The fourth-order valence-electron chi connectivity index (χ4n) is 1.84. The third-order valence-corrected chi connectivity index (χ3v) is 14.3. The van der Waals surface area contributed by atoms with Crippen LogP contribution in [0.3, 0.4) is 0 Å². The standard InChI is InChI=1S/C14H8N2S2Se2/c1-3-7-11-9(5-1)15-13(17-11)19-20-14-16-10-6-2-4-8-12(10)18-14/h1-8H. The quantitative estimate of drug-likeness (QED) is 0.470. The number of thiazole rings is 2. The molecule has 0 spiro atoms. The molecule has 0 unspecified atom stereocenters. The zero-order chi connectivity index (χ0) is 13.4. The summed E-state index contributed by atoms with van der Waals surface area (Å²) in [6.07, 6.45) is 0. The third-order valence-electron chi connectivity index (χ3n) is 2.73. The van der Waals surface area contributed by atoms with Crippen molar-refractivity contribution in [1.82, 2.24) is 9.97 Å². The Morgan fingerprint density at radius 1 is 0.650 bits per heavy atom. The average molecular weight is 426 g/mol. The molecule has 6 heteroatoms. The van der Waals surface area contributed by atoms with Gasteiger partial charge in [0.1, 0.15) is 0 Å². The van der Waals surface area contributed by atoms with Gasteiger partial charge in [-0.1, -0.05) is 0 Å². The van der Waals surface area contributed by atoms with Crippen LogP contribution < -0.4 is 7.81 Å². The monoisotopic (exact) mass is 428 g/mol. The molecule has 0 aliphatic rings. The van der Waals surface area contributed by atoms with Crippen molar-refractivity contribution in [3.05, 3.63) is 48.5 Å². The SMILES string of the molecule is c1ccc2sc([Se][Se]c3nc4ccccc4s3)nc2c1. The minimum atomic E-state index is 0.435. The van der Waals surface area contributed by atoms with Gasteiger partial charge in [-0.25, -0.2) is 0 Å². The molecule has 0 aliphatic carbocycles. The first-order chi connectivity index (χ1) is 9.88. The Hall–Kier alpha value is -0.741. The summed E-state index contributed by atoms with van der Waals surface area (Å²) in [6, 6.07) is 16.8. The second-order valence-corrected chi connectivity index (χ2v) is 13.2. The van der Waals surface area contributed by atoms with Gasteiger partial charge in [0, 0.05) is 0 Å². The molecule has 2 heterocycles. The van der Waals surface area contributed by atoms with Crippen LogP contribution in [0.5, 0.6) is 0 Å². The van der Waals surface area contributed by atoms with Crippen molar-refractivity contribution in [3.8, 4) is 0 Å². The third kappa shape index (κ3) is 2.55. The van der Waals surface area contributed by atoms with Crippen molar-refractivity contribution in [2.75, 3.05) is 0 Å². The topological polar surface area (TPSA) is 25.8 Å². The molecule has 0 aliphatic heterocycles. The van der Waals surface area contributed by atoms with Gasteiger partial charge >= 0.3 is 136 Å². The van der Waals surface area contributed by atoms with Crippen LogP contribution in [0.15, 0.2) is 48.5 Å². The summed E-state index contributed by atoms with van der Waals surface area (Å²) in [4.78, 5) is 9.44. The predicted octanol–water partition coefficient (Wildman–Crippen LogP) is 2.18. The van der Waals surface area contributed by atoms with Crippen LogP contribution in [-0.4, -0.2) is 36.2 Å². The Labute approximate surface area is 135 Å². The molecule has 4 rings (SSSR count). The number of aromatic nitrogens is 2. The summed E-state index contributed by atoms with van der Waals surface area (Å²) in [5.41, 5.74) is 2.27. The molecule has 2 aromatic carbocycles. The number of nitrogens with zero attached hydrogens (tertiary/aromatic N) is 2. The van der Waals surface area contributed by atoms with Crippen LogP contribution in [0.25, 0.3) is 20.4 Å². The van der Waals surface area contributed by atoms with Gasteiger partial charge in [-0.3, -0.25) is 0 Å². The van der Waals surface area contributed by atoms with E-state index in [1.807, 2.05) is 22.7 Å². The van der Waals surface area contributed by atoms with E-state index < -0.39 is 0 Å². The van der Waals surface area contributed by atoms with Crippen LogP contribution in [0, 0.1) is 0 Å². The van der Waals surface area contributed by atoms with Crippen LogP contribution in [0.2, 0.25) is 0 Å². The normalized spacial score (nSPS) is 11.4. The first kappa shape index (κ1) is 13.0. The molecule has 2 aromatic heterocycles. The summed E-state index contributed by atoms with van der Waals surface area (Å²) in [5.74, 6) is 0. The molecule has 98 valence electrons. The van der Waals surface area contributed by atoms with E-state index in [4.69, 9.17) is 9.97 Å². The first-order valence-corrected chi connectivity index (χ1v) is 13.6. The Morgan fingerprint density at radius 3 is 1.55 bits per heavy atom. The van der Waals surface area contributed by atoms with Gasteiger partial charge in [0.25, 0.3) is 0 Å². The molecule has 0 fully saturated rings. The van der Waals surface area contributed by atoms with E-state index in [1.54, 1.807) is 0 Å². The van der Waals surface area contributed by atoms with Gasteiger partial charge < -0.3 is 0 Å². The van der Waals surface area contributed by atoms with E-state index in [-0.39, 0.29) is 0 Å². The number of fused-ring (bicyclic) bond motifs is 2. The number of para-hydroxylation sites is 2. The summed E-state index contributed by atoms with van der Waals surface area (Å²) in [6.45, 7) is 0. The van der Waals surface area contributed by atoms with Crippen LogP contribution in [0.4, 0.5) is 0 Å². The molecule has 0 N–H and O–H groups in total. The van der Waals surface area contributed by atoms with Crippen molar-refractivity contribution >= 4 is 77.2 Å². The second-order valence-electron chi connectivity index (χ2n) is 4.06. The Morgan fingerprint density at radius 2 is 1.10 bits per heavy atom. The average Bonchev–Trinajstić information content (AvgIpc) is 3.07. The fraction of sp³-hybridized carbons (Fsp3) is 0. The summed E-state index contributed by atoms with van der Waals surface area (Å²) in [5, 5.41) is 0. The van der Waals surface area contributed by atoms with Gasteiger partial charge in [-0.15, -0.1) is 0 Å². The molecular weight excluding hydrogens is 418 g/mol. The van der Waals surface area contributed by atoms with Gasteiger partial charge in [-0.05, 0) is 0 Å². The van der Waals surface area contributed by atoms with E-state index in [1.165, 1.54) is 17.2 Å². The van der Waals surface area contributed by atoms with E-state index in [0.29, 0.717) is 26.3 Å². The first-order valence-electron chi connectivity index (χ1n) is 5.94. The van der Waals surface area contributed by atoms with Crippen molar-refractivity contribution in [2.24, 2.45) is 0 Å². The maximum atomic E-state index is 4.72. The van der Waals surface area contributed by atoms with E-state index >= 15 is 0 Å². The molecule has 0 amide bonds. The molecule has 2 nitrogen and oxygen atoms in total. The van der Waals surface area contributed by atoms with Crippen molar-refractivity contribution in [2.45, 2.75) is 0 Å². The zero-order valence-electron chi connectivity index (χ0n) is 10.1. The second kappa shape index (κ2) is 5.57. The van der Waals surface area contributed by atoms with Crippen molar-refractivity contribution < 1.29 is 0 Å². The summed E-state index contributed by atoms with van der Waals surface area (Å²) in [7, 11) is 0. The van der Waals surface area contributed by atoms with Gasteiger partial charge in [-0.2, -0.15) is 0 Å². The summed E-state index contributed by atoms with van der Waals surface area (Å²) >= 11 is 4.54. The summed E-state index contributed by atoms with van der Waals surface area (Å²) < 4.78 is 5.17. The Kier molecular flexibility index (Phi) is 3.61. The molecule has 0 atom stereocenters. The molecule has 0 radical (unpaired) electrons. The molecular formula is C14H8N2S2Se2. The van der Waals surface area contributed by atoms with E-state index in [2.05, 4.69) is 48.5 Å². The Balaban J connectivity index is 1.57. The number of hydrogen-bond acceptors (Lipinski definition) is 4. The predicted molar refractivity (Wildman–Crippen MR) is 90.0 cm³/mol. The zero-order valence-corrected chi connectivity index (χ0v) is 15.2. The minimum absolute atomic E-state index is 0.435. The van der Waals surface area contributed by atoms with Crippen LogP contribution in [-0.2, 0) is 0 Å². The van der Waals surface area contributed by atoms with Gasteiger partial charge in [0.05, 0.1) is 0 Å². The fourth-order valence-corrected chi connectivity index (χ4v) is 12.2. The van der Waals surface area contributed by atoms with Crippen molar-refractivity contribution in [1.29, 1.82) is 0 Å².